The van der Waals surface area contributed by atoms with Crippen molar-refractivity contribution in [3.63, 3.8) is 0 Å². The van der Waals surface area contributed by atoms with E-state index in [4.69, 9.17) is 0 Å². The van der Waals surface area contributed by atoms with Crippen LogP contribution in [0.15, 0.2) is 36.4 Å². The van der Waals surface area contributed by atoms with Crippen LogP contribution in [0.25, 0.3) is 21.3 Å². The molecule has 0 radical (unpaired) electrons. The van der Waals surface area contributed by atoms with E-state index in [0.29, 0.717) is 11.4 Å². The number of hydrogen-bond acceptors (Lipinski definition) is 4. The maximum Gasteiger partial charge on any atom is 0.148 e. The van der Waals surface area contributed by atoms with Crippen LogP contribution >= 0.6 is 11.3 Å². The molecule has 1 aliphatic rings. The highest BCUT2D eigenvalue weighted by Gasteiger charge is 2.21. The lowest BCUT2D eigenvalue weighted by atomic mass is 10.0. The third-order valence-electron chi connectivity index (χ3n) is 3.69. The van der Waals surface area contributed by atoms with E-state index in [1.54, 1.807) is 23.5 Å². The monoisotopic (exact) mass is 299 g/mol. The Morgan fingerprint density at radius 1 is 1.10 bits per heavy atom. The molecule has 1 heterocycles. The fourth-order valence-corrected chi connectivity index (χ4v) is 3.23. The number of benzene rings is 2. The van der Waals surface area contributed by atoms with Crippen LogP contribution in [0.4, 0.5) is 4.39 Å². The smallest absolute Gasteiger partial charge is 0.148 e. The molecule has 1 aromatic heterocycles. The van der Waals surface area contributed by atoms with Gasteiger partial charge in [0.25, 0.3) is 0 Å². The molecule has 0 aliphatic heterocycles. The van der Waals surface area contributed by atoms with E-state index in [1.165, 1.54) is 18.9 Å². The van der Waals surface area contributed by atoms with Crippen molar-refractivity contribution in [2.75, 3.05) is 0 Å². The molecule has 0 amide bonds. The van der Waals surface area contributed by atoms with Crippen molar-refractivity contribution in [3.05, 3.63) is 47.2 Å². The minimum absolute atomic E-state index is 0.200. The number of nitrogens with one attached hydrogen (secondary N) is 1. The molecule has 4 rings (SSSR count). The molecular formula is C16H14FN3S. The number of halogens is 1. The molecule has 1 aliphatic carbocycles. The van der Waals surface area contributed by atoms with Crippen molar-refractivity contribution in [3.8, 4) is 10.6 Å². The highest BCUT2D eigenvalue weighted by atomic mass is 32.1. The Labute approximate surface area is 125 Å². The summed E-state index contributed by atoms with van der Waals surface area (Å²) < 4.78 is 13.9. The summed E-state index contributed by atoms with van der Waals surface area (Å²) in [5.41, 5.74) is 0.946. The highest BCUT2D eigenvalue weighted by Crippen LogP contribution is 2.32. The summed E-state index contributed by atoms with van der Waals surface area (Å²) in [7, 11) is 0. The van der Waals surface area contributed by atoms with Crippen molar-refractivity contribution < 1.29 is 4.39 Å². The minimum Gasteiger partial charge on any atom is -0.308 e. The molecule has 0 unspecified atom stereocenters. The van der Waals surface area contributed by atoms with E-state index < -0.39 is 0 Å². The molecule has 1 fully saturated rings. The van der Waals surface area contributed by atoms with Gasteiger partial charge in [-0.2, -0.15) is 0 Å². The quantitative estimate of drug-likeness (QED) is 0.797. The van der Waals surface area contributed by atoms with Gasteiger partial charge in [-0.25, -0.2) is 4.39 Å². The van der Waals surface area contributed by atoms with Crippen LogP contribution in [0, 0.1) is 5.82 Å². The molecule has 21 heavy (non-hydrogen) atoms. The Bertz CT molecular complexity index is 795. The predicted octanol–water partition coefficient (Wildman–Crippen LogP) is 3.75. The molecule has 1 N–H and O–H groups in total. The SMILES string of the molecule is Fc1ccc(-c2nnc(CNC3CC3)s2)c2ccccc12. The first-order chi connectivity index (χ1) is 10.3. The Morgan fingerprint density at radius 3 is 2.71 bits per heavy atom. The number of hydrogen-bond donors (Lipinski definition) is 1. The Morgan fingerprint density at radius 2 is 1.90 bits per heavy atom. The lowest BCUT2D eigenvalue weighted by Crippen LogP contribution is -2.14. The summed E-state index contributed by atoms with van der Waals surface area (Å²) in [6, 6.07) is 11.4. The molecule has 0 spiro atoms. The molecule has 0 atom stereocenters. The van der Waals surface area contributed by atoms with Gasteiger partial charge in [0.1, 0.15) is 15.8 Å². The fourth-order valence-electron chi connectivity index (χ4n) is 2.40. The van der Waals surface area contributed by atoms with Gasteiger partial charge in [-0.3, -0.25) is 0 Å². The summed E-state index contributed by atoms with van der Waals surface area (Å²) >= 11 is 1.57. The molecule has 1 saturated carbocycles. The number of rotatable bonds is 4. The first-order valence-corrected chi connectivity index (χ1v) is 7.86. The van der Waals surface area contributed by atoms with E-state index in [0.717, 1.165) is 27.5 Å². The van der Waals surface area contributed by atoms with Crippen molar-refractivity contribution in [1.29, 1.82) is 0 Å². The second kappa shape index (κ2) is 5.16. The largest absolute Gasteiger partial charge is 0.308 e. The van der Waals surface area contributed by atoms with Gasteiger partial charge >= 0.3 is 0 Å². The Kier molecular flexibility index (Phi) is 3.16. The van der Waals surface area contributed by atoms with Crippen molar-refractivity contribution >= 4 is 22.1 Å². The molecule has 5 heteroatoms. The lowest BCUT2D eigenvalue weighted by molar-refractivity contribution is 0.640. The van der Waals surface area contributed by atoms with Crippen LogP contribution in [0.3, 0.4) is 0 Å². The predicted molar refractivity (Wildman–Crippen MR) is 82.7 cm³/mol. The van der Waals surface area contributed by atoms with Gasteiger partial charge in [0.05, 0.1) is 0 Å². The Hall–Kier alpha value is -1.85. The maximum atomic E-state index is 13.9. The van der Waals surface area contributed by atoms with Crippen LogP contribution < -0.4 is 5.32 Å². The highest BCUT2D eigenvalue weighted by molar-refractivity contribution is 7.14. The second-order valence-corrected chi connectivity index (χ2v) is 6.36. The summed E-state index contributed by atoms with van der Waals surface area (Å²) in [4.78, 5) is 0. The van der Waals surface area contributed by atoms with Crippen LogP contribution in [0.1, 0.15) is 17.8 Å². The molecule has 2 aromatic carbocycles. The first kappa shape index (κ1) is 12.9. The average molecular weight is 299 g/mol. The first-order valence-electron chi connectivity index (χ1n) is 7.04. The van der Waals surface area contributed by atoms with E-state index in [2.05, 4.69) is 15.5 Å². The van der Waals surface area contributed by atoms with Gasteiger partial charge in [-0.15, -0.1) is 10.2 Å². The standard InChI is InChI=1S/C16H14FN3S/c17-14-8-7-13(11-3-1-2-4-12(11)14)16-20-19-15(21-16)9-18-10-5-6-10/h1-4,7-8,10,18H,5-6,9H2. The third kappa shape index (κ3) is 2.54. The zero-order valence-electron chi connectivity index (χ0n) is 11.3. The van der Waals surface area contributed by atoms with Gasteiger partial charge in [0, 0.05) is 23.5 Å². The van der Waals surface area contributed by atoms with E-state index in [1.807, 2.05) is 18.2 Å². The van der Waals surface area contributed by atoms with E-state index >= 15 is 0 Å². The summed E-state index contributed by atoms with van der Waals surface area (Å²) in [5.74, 6) is -0.200. The Balaban J connectivity index is 1.70. The van der Waals surface area contributed by atoms with Crippen LogP contribution in [-0.4, -0.2) is 16.2 Å². The molecule has 3 nitrogen and oxygen atoms in total. The van der Waals surface area contributed by atoms with Crippen molar-refractivity contribution in [2.24, 2.45) is 0 Å². The third-order valence-corrected chi connectivity index (χ3v) is 4.64. The minimum atomic E-state index is -0.200. The second-order valence-electron chi connectivity index (χ2n) is 5.30. The van der Waals surface area contributed by atoms with E-state index in [-0.39, 0.29) is 5.82 Å². The van der Waals surface area contributed by atoms with Gasteiger partial charge in [-0.05, 0) is 30.4 Å². The normalized spacial score (nSPS) is 14.7. The number of nitrogens with zero attached hydrogens (tertiary/aromatic N) is 2. The van der Waals surface area contributed by atoms with Gasteiger partial charge in [0.15, 0.2) is 0 Å². The molecule has 3 aromatic rings. The maximum absolute atomic E-state index is 13.9. The molecule has 0 saturated heterocycles. The molecular weight excluding hydrogens is 285 g/mol. The summed E-state index contributed by atoms with van der Waals surface area (Å²) in [6.45, 7) is 0.765. The van der Waals surface area contributed by atoms with Gasteiger partial charge in [-0.1, -0.05) is 35.6 Å². The van der Waals surface area contributed by atoms with Crippen LogP contribution in [-0.2, 0) is 6.54 Å². The van der Waals surface area contributed by atoms with Crippen LogP contribution in [0.5, 0.6) is 0 Å². The zero-order chi connectivity index (χ0) is 14.2. The number of aromatic nitrogens is 2. The van der Waals surface area contributed by atoms with Crippen LogP contribution in [0.2, 0.25) is 0 Å². The van der Waals surface area contributed by atoms with Crippen molar-refractivity contribution in [2.45, 2.75) is 25.4 Å². The summed E-state index contributed by atoms with van der Waals surface area (Å²) in [5, 5.41) is 15.3. The molecule has 0 bridgehead atoms. The number of fused-ring (bicyclic) bond motifs is 1. The molecule has 106 valence electrons. The topological polar surface area (TPSA) is 37.8 Å². The van der Waals surface area contributed by atoms with E-state index in [9.17, 15) is 4.39 Å². The lowest BCUT2D eigenvalue weighted by Gasteiger charge is -2.04. The summed E-state index contributed by atoms with van der Waals surface area (Å²) in [6.07, 6.45) is 2.52. The van der Waals surface area contributed by atoms with Crippen molar-refractivity contribution in [1.82, 2.24) is 15.5 Å². The zero-order valence-corrected chi connectivity index (χ0v) is 12.2. The van der Waals surface area contributed by atoms with Gasteiger partial charge < -0.3 is 5.32 Å². The fraction of sp³-hybridized carbons (Fsp3) is 0.250. The van der Waals surface area contributed by atoms with Gasteiger partial charge in [0.2, 0.25) is 0 Å². The average Bonchev–Trinajstić information content (AvgIpc) is 3.23.